The van der Waals surface area contributed by atoms with Crippen LogP contribution in [0.25, 0.3) is 0 Å². The van der Waals surface area contributed by atoms with Crippen molar-refractivity contribution in [2.24, 2.45) is 0 Å². The molecule has 1 aliphatic rings. The van der Waals surface area contributed by atoms with E-state index in [2.05, 4.69) is 9.64 Å². The van der Waals surface area contributed by atoms with Crippen LogP contribution in [0.3, 0.4) is 0 Å². The van der Waals surface area contributed by atoms with Gasteiger partial charge in [-0.15, -0.1) is 0 Å². The third-order valence-corrected chi connectivity index (χ3v) is 2.51. The molecule has 0 aromatic rings. The fourth-order valence-corrected chi connectivity index (χ4v) is 1.57. The molecule has 0 aromatic carbocycles. The summed E-state index contributed by atoms with van der Waals surface area (Å²) in [7, 11) is 5.10. The molecule has 0 saturated heterocycles. The number of carbonyl (C=O) groups is 1. The molecule has 0 unspecified atom stereocenters. The van der Waals surface area contributed by atoms with E-state index in [1.165, 1.54) is 7.11 Å². The van der Waals surface area contributed by atoms with Gasteiger partial charge in [0.2, 0.25) is 0 Å². The smallest absolute Gasteiger partial charge is 0.333 e. The van der Waals surface area contributed by atoms with Gasteiger partial charge in [0.05, 0.1) is 13.7 Å². The number of methoxy groups -OCH3 is 2. The summed E-state index contributed by atoms with van der Waals surface area (Å²) < 4.78 is 9.78. The zero-order chi connectivity index (χ0) is 10.6. The van der Waals surface area contributed by atoms with Crippen LogP contribution in [-0.4, -0.2) is 51.3 Å². The standard InChI is InChI=1S/C10H17NO3/c1-11-5-4-8(10(12)14-3)6-9(11)7-13-2/h4,9H,5-7H2,1-3H3/t9-/m0/s1. The van der Waals surface area contributed by atoms with Gasteiger partial charge in [0.15, 0.2) is 0 Å². The van der Waals surface area contributed by atoms with Gasteiger partial charge >= 0.3 is 5.97 Å². The van der Waals surface area contributed by atoms with Gasteiger partial charge in [-0.2, -0.15) is 0 Å². The Morgan fingerprint density at radius 1 is 1.64 bits per heavy atom. The van der Waals surface area contributed by atoms with Gasteiger partial charge in [0.25, 0.3) is 0 Å². The number of ether oxygens (including phenoxy) is 2. The summed E-state index contributed by atoms with van der Waals surface area (Å²) in [4.78, 5) is 13.4. The summed E-state index contributed by atoms with van der Waals surface area (Å²) in [6.07, 6.45) is 2.62. The van der Waals surface area contributed by atoms with Crippen LogP contribution in [0, 0.1) is 0 Å². The Hall–Kier alpha value is -0.870. The second kappa shape index (κ2) is 5.12. The van der Waals surface area contributed by atoms with Gasteiger partial charge in [-0.05, 0) is 13.5 Å². The van der Waals surface area contributed by atoms with Crippen molar-refractivity contribution in [3.8, 4) is 0 Å². The van der Waals surface area contributed by atoms with Crippen LogP contribution >= 0.6 is 0 Å². The average molecular weight is 199 g/mol. The molecule has 4 nitrogen and oxygen atoms in total. The first-order valence-corrected chi connectivity index (χ1v) is 4.65. The molecule has 0 spiro atoms. The summed E-state index contributed by atoms with van der Waals surface area (Å²) >= 11 is 0. The van der Waals surface area contributed by atoms with Crippen LogP contribution in [0.2, 0.25) is 0 Å². The number of nitrogens with zero attached hydrogens (tertiary/aromatic N) is 1. The quantitative estimate of drug-likeness (QED) is 0.618. The zero-order valence-corrected chi connectivity index (χ0v) is 8.95. The van der Waals surface area contributed by atoms with Crippen molar-refractivity contribution in [3.05, 3.63) is 11.6 Å². The van der Waals surface area contributed by atoms with Gasteiger partial charge in [-0.1, -0.05) is 6.08 Å². The Kier molecular flexibility index (Phi) is 4.10. The van der Waals surface area contributed by atoms with E-state index in [9.17, 15) is 4.79 Å². The first-order valence-electron chi connectivity index (χ1n) is 4.65. The van der Waals surface area contributed by atoms with E-state index >= 15 is 0 Å². The molecule has 14 heavy (non-hydrogen) atoms. The first-order chi connectivity index (χ1) is 6.69. The Morgan fingerprint density at radius 3 is 2.93 bits per heavy atom. The lowest BCUT2D eigenvalue weighted by Gasteiger charge is -2.30. The van der Waals surface area contributed by atoms with Crippen molar-refractivity contribution < 1.29 is 14.3 Å². The summed E-state index contributed by atoms with van der Waals surface area (Å²) in [5, 5.41) is 0. The molecule has 4 heteroatoms. The summed E-state index contributed by atoms with van der Waals surface area (Å²) in [5.41, 5.74) is 0.757. The minimum atomic E-state index is -0.223. The van der Waals surface area contributed by atoms with Crippen LogP contribution in [0.1, 0.15) is 6.42 Å². The summed E-state index contributed by atoms with van der Waals surface area (Å²) in [6, 6.07) is 0.277. The molecule has 0 fully saturated rings. The van der Waals surface area contributed by atoms with Crippen molar-refractivity contribution in [1.29, 1.82) is 0 Å². The topological polar surface area (TPSA) is 38.8 Å². The minimum absolute atomic E-state index is 0.223. The number of likely N-dealkylation sites (N-methyl/N-ethyl adjacent to an activating group) is 1. The molecule has 1 atom stereocenters. The van der Waals surface area contributed by atoms with Crippen LogP contribution in [0.5, 0.6) is 0 Å². The van der Waals surface area contributed by atoms with Crippen molar-refractivity contribution in [3.63, 3.8) is 0 Å². The molecule has 0 bridgehead atoms. The predicted molar refractivity (Wildman–Crippen MR) is 53.0 cm³/mol. The molecule has 80 valence electrons. The molecule has 0 aliphatic carbocycles. The molecule has 0 amide bonds. The van der Waals surface area contributed by atoms with E-state index in [0.29, 0.717) is 13.0 Å². The maximum absolute atomic E-state index is 11.3. The van der Waals surface area contributed by atoms with Crippen molar-refractivity contribution >= 4 is 5.97 Å². The fraction of sp³-hybridized carbons (Fsp3) is 0.700. The van der Waals surface area contributed by atoms with Crippen LogP contribution in [0.4, 0.5) is 0 Å². The third-order valence-electron chi connectivity index (χ3n) is 2.51. The molecule has 0 N–H and O–H groups in total. The highest BCUT2D eigenvalue weighted by atomic mass is 16.5. The minimum Gasteiger partial charge on any atom is -0.466 e. The number of carbonyl (C=O) groups excluding carboxylic acids is 1. The Morgan fingerprint density at radius 2 is 2.36 bits per heavy atom. The maximum Gasteiger partial charge on any atom is 0.333 e. The van der Waals surface area contributed by atoms with Gasteiger partial charge in [0.1, 0.15) is 0 Å². The van der Waals surface area contributed by atoms with E-state index in [4.69, 9.17) is 4.74 Å². The van der Waals surface area contributed by atoms with Gasteiger partial charge in [-0.3, -0.25) is 4.90 Å². The molecular formula is C10H17NO3. The highest BCUT2D eigenvalue weighted by Crippen LogP contribution is 2.17. The SMILES string of the molecule is COC[C@@H]1CC(C(=O)OC)=CCN1C. The lowest BCUT2D eigenvalue weighted by molar-refractivity contribution is -0.136. The molecule has 0 radical (unpaired) electrons. The van der Waals surface area contributed by atoms with Gasteiger partial charge in [0, 0.05) is 25.3 Å². The largest absolute Gasteiger partial charge is 0.466 e. The second-order valence-electron chi connectivity index (χ2n) is 3.47. The van der Waals surface area contributed by atoms with Gasteiger partial charge in [-0.25, -0.2) is 4.79 Å². The van der Waals surface area contributed by atoms with Crippen LogP contribution in [-0.2, 0) is 14.3 Å². The number of esters is 1. The number of rotatable bonds is 3. The Balaban J connectivity index is 2.61. The lowest BCUT2D eigenvalue weighted by Crippen LogP contribution is -2.39. The third kappa shape index (κ3) is 2.56. The molecular weight excluding hydrogens is 182 g/mol. The summed E-state index contributed by atoms with van der Waals surface area (Å²) in [5.74, 6) is -0.223. The van der Waals surface area contributed by atoms with E-state index in [1.54, 1.807) is 7.11 Å². The van der Waals surface area contributed by atoms with Crippen molar-refractivity contribution in [2.45, 2.75) is 12.5 Å². The Labute approximate surface area is 84.5 Å². The average Bonchev–Trinajstić information content (AvgIpc) is 2.20. The van der Waals surface area contributed by atoms with E-state index in [0.717, 1.165) is 12.1 Å². The van der Waals surface area contributed by atoms with E-state index in [-0.39, 0.29) is 12.0 Å². The lowest BCUT2D eigenvalue weighted by atomic mass is 10.0. The highest BCUT2D eigenvalue weighted by Gasteiger charge is 2.23. The molecule has 0 saturated carbocycles. The second-order valence-corrected chi connectivity index (χ2v) is 3.47. The Bertz CT molecular complexity index is 238. The zero-order valence-electron chi connectivity index (χ0n) is 8.95. The van der Waals surface area contributed by atoms with E-state index < -0.39 is 0 Å². The van der Waals surface area contributed by atoms with Crippen LogP contribution < -0.4 is 0 Å². The first kappa shape index (κ1) is 11.2. The predicted octanol–water partition coefficient (Wildman–Crippen LogP) is 0.436. The van der Waals surface area contributed by atoms with Crippen LogP contribution in [0.15, 0.2) is 11.6 Å². The number of hydrogen-bond acceptors (Lipinski definition) is 4. The summed E-state index contributed by atoms with van der Waals surface area (Å²) in [6.45, 7) is 1.42. The maximum atomic E-state index is 11.3. The monoisotopic (exact) mass is 199 g/mol. The fourth-order valence-electron chi connectivity index (χ4n) is 1.57. The molecule has 1 rings (SSSR count). The number of hydrogen-bond donors (Lipinski definition) is 0. The highest BCUT2D eigenvalue weighted by molar-refractivity contribution is 5.88. The van der Waals surface area contributed by atoms with Gasteiger partial charge < -0.3 is 9.47 Å². The van der Waals surface area contributed by atoms with Crippen molar-refractivity contribution in [1.82, 2.24) is 4.90 Å². The molecule has 1 heterocycles. The van der Waals surface area contributed by atoms with E-state index in [1.807, 2.05) is 13.1 Å². The van der Waals surface area contributed by atoms with Crippen molar-refractivity contribution in [2.75, 3.05) is 34.4 Å². The normalized spacial score (nSPS) is 23.1. The molecule has 1 aliphatic heterocycles. The molecule has 0 aromatic heterocycles.